The number of rotatable bonds is 4. The summed E-state index contributed by atoms with van der Waals surface area (Å²) in [7, 11) is 1.38. The van der Waals surface area contributed by atoms with Crippen LogP contribution in [0.4, 0.5) is 0 Å². The van der Waals surface area contributed by atoms with Gasteiger partial charge in [0.1, 0.15) is 11.0 Å². The van der Waals surface area contributed by atoms with E-state index in [1.165, 1.54) is 12.7 Å². The van der Waals surface area contributed by atoms with E-state index in [0.29, 0.717) is 19.5 Å². The lowest BCUT2D eigenvalue weighted by molar-refractivity contribution is -0.146. The lowest BCUT2D eigenvalue weighted by Crippen LogP contribution is -2.36. The molecule has 1 N–H and O–H groups in total. The van der Waals surface area contributed by atoms with Crippen LogP contribution in [-0.4, -0.2) is 46.8 Å². The maximum atomic E-state index is 11.8. The molecular formula is C17H20N2O3S. The van der Waals surface area contributed by atoms with Crippen molar-refractivity contribution in [2.45, 2.75) is 32.0 Å². The predicted octanol–water partition coefficient (Wildman–Crippen LogP) is 2.23. The number of carbonyl (C=O) groups excluding carboxylic acids is 1. The number of hydrogen-bond acceptors (Lipinski definition) is 6. The number of methoxy groups -OCH3 is 1. The number of β-amino-alcohol motifs (C(OH)–C–C–N with tert-alkyl or cyclic N) is 1. The van der Waals surface area contributed by atoms with Gasteiger partial charge in [-0.05, 0) is 12.5 Å². The monoisotopic (exact) mass is 332 g/mol. The van der Waals surface area contributed by atoms with Crippen LogP contribution in [0.5, 0.6) is 0 Å². The minimum Gasteiger partial charge on any atom is -0.468 e. The Morgan fingerprint density at radius 2 is 2.26 bits per heavy atom. The van der Waals surface area contributed by atoms with E-state index >= 15 is 0 Å². The lowest BCUT2D eigenvalue weighted by Gasteiger charge is -2.20. The second-order valence-corrected chi connectivity index (χ2v) is 6.92. The van der Waals surface area contributed by atoms with Crippen LogP contribution >= 0.6 is 11.3 Å². The minimum absolute atomic E-state index is 0.287. The van der Waals surface area contributed by atoms with Crippen LogP contribution in [-0.2, 0) is 16.1 Å². The van der Waals surface area contributed by atoms with E-state index < -0.39 is 6.10 Å². The van der Waals surface area contributed by atoms with Gasteiger partial charge in [-0.25, -0.2) is 4.98 Å². The molecule has 122 valence electrons. The quantitative estimate of drug-likeness (QED) is 0.870. The van der Waals surface area contributed by atoms with Crippen LogP contribution < -0.4 is 0 Å². The Morgan fingerprint density at radius 3 is 3.00 bits per heavy atom. The zero-order chi connectivity index (χ0) is 16.4. The van der Waals surface area contributed by atoms with Gasteiger partial charge in [0.15, 0.2) is 0 Å². The third-order valence-corrected chi connectivity index (χ3v) is 5.16. The molecule has 0 spiro atoms. The van der Waals surface area contributed by atoms with Crippen LogP contribution in [0.2, 0.25) is 0 Å². The van der Waals surface area contributed by atoms with Gasteiger partial charge in [-0.2, -0.15) is 0 Å². The maximum Gasteiger partial charge on any atom is 0.323 e. The highest BCUT2D eigenvalue weighted by molar-refractivity contribution is 7.15. The molecular weight excluding hydrogens is 312 g/mol. The highest BCUT2D eigenvalue weighted by atomic mass is 32.1. The van der Waals surface area contributed by atoms with Crippen LogP contribution in [0, 0.1) is 6.92 Å². The van der Waals surface area contributed by atoms with Crippen molar-refractivity contribution in [1.82, 2.24) is 9.88 Å². The molecule has 1 aliphatic heterocycles. The van der Waals surface area contributed by atoms with Crippen molar-refractivity contribution in [3.05, 3.63) is 40.9 Å². The number of ether oxygens (including phenoxy) is 1. The highest BCUT2D eigenvalue weighted by Crippen LogP contribution is 2.30. The molecule has 3 rings (SSSR count). The standard InChI is InChI=1S/C17H20N2O3S/c1-11-5-3-4-6-14(11)16-18-8-13(23-16)10-19-9-12(20)7-15(19)17(21)22-2/h3-6,8,12,15,20H,7,9-10H2,1-2H3/t12-,15+/m1/s1. The number of aromatic nitrogens is 1. The van der Waals surface area contributed by atoms with E-state index in [-0.39, 0.29) is 12.0 Å². The van der Waals surface area contributed by atoms with E-state index in [1.807, 2.05) is 23.2 Å². The topological polar surface area (TPSA) is 62.7 Å². The summed E-state index contributed by atoms with van der Waals surface area (Å²) in [6, 6.07) is 7.78. The molecule has 0 saturated carbocycles. The van der Waals surface area contributed by atoms with Gasteiger partial charge in [0, 0.05) is 36.1 Å². The molecule has 0 bridgehead atoms. The van der Waals surface area contributed by atoms with Gasteiger partial charge >= 0.3 is 5.97 Å². The number of carbonyl (C=O) groups is 1. The van der Waals surface area contributed by atoms with Crippen molar-refractivity contribution in [2.75, 3.05) is 13.7 Å². The first kappa shape index (κ1) is 16.1. The normalized spacial score (nSPS) is 21.5. The van der Waals surface area contributed by atoms with E-state index in [4.69, 9.17) is 4.74 Å². The zero-order valence-corrected chi connectivity index (χ0v) is 14.0. The van der Waals surface area contributed by atoms with Crippen molar-refractivity contribution in [3.8, 4) is 10.6 Å². The van der Waals surface area contributed by atoms with Gasteiger partial charge in [0.05, 0.1) is 13.2 Å². The molecule has 1 aliphatic rings. The van der Waals surface area contributed by atoms with Gasteiger partial charge in [0.25, 0.3) is 0 Å². The van der Waals surface area contributed by atoms with Gasteiger partial charge in [0.2, 0.25) is 0 Å². The third-order valence-electron chi connectivity index (χ3n) is 4.14. The summed E-state index contributed by atoms with van der Waals surface area (Å²) in [5, 5.41) is 10.8. The molecule has 0 radical (unpaired) electrons. The average molecular weight is 332 g/mol. The number of likely N-dealkylation sites (tertiary alicyclic amines) is 1. The van der Waals surface area contributed by atoms with Gasteiger partial charge in [-0.15, -0.1) is 11.3 Å². The Bertz CT molecular complexity index is 701. The van der Waals surface area contributed by atoms with Gasteiger partial charge in [-0.1, -0.05) is 24.3 Å². The van der Waals surface area contributed by atoms with E-state index in [9.17, 15) is 9.90 Å². The fourth-order valence-corrected chi connectivity index (χ4v) is 3.98. The molecule has 2 atom stereocenters. The van der Waals surface area contributed by atoms with Crippen molar-refractivity contribution >= 4 is 17.3 Å². The molecule has 2 heterocycles. The van der Waals surface area contributed by atoms with Crippen molar-refractivity contribution in [3.63, 3.8) is 0 Å². The summed E-state index contributed by atoms with van der Waals surface area (Å²) in [5.74, 6) is -0.287. The Kier molecular flexibility index (Phi) is 4.75. The lowest BCUT2D eigenvalue weighted by atomic mass is 10.1. The molecule has 0 unspecified atom stereocenters. The fourth-order valence-electron chi connectivity index (χ4n) is 2.95. The summed E-state index contributed by atoms with van der Waals surface area (Å²) in [6.45, 7) is 3.15. The maximum absolute atomic E-state index is 11.8. The first-order valence-corrected chi connectivity index (χ1v) is 8.40. The summed E-state index contributed by atoms with van der Waals surface area (Å²) in [4.78, 5) is 19.4. The predicted molar refractivity (Wildman–Crippen MR) is 89.1 cm³/mol. The molecule has 1 fully saturated rings. The summed E-state index contributed by atoms with van der Waals surface area (Å²) in [5.41, 5.74) is 2.33. The van der Waals surface area contributed by atoms with Crippen LogP contribution in [0.1, 0.15) is 16.9 Å². The molecule has 5 nitrogen and oxygen atoms in total. The van der Waals surface area contributed by atoms with Crippen molar-refractivity contribution in [2.24, 2.45) is 0 Å². The minimum atomic E-state index is -0.483. The summed E-state index contributed by atoms with van der Waals surface area (Å²) >= 11 is 1.62. The number of nitrogens with zero attached hydrogens (tertiary/aromatic N) is 2. The van der Waals surface area contributed by atoms with E-state index in [1.54, 1.807) is 11.3 Å². The molecule has 0 amide bonds. The average Bonchev–Trinajstić information content (AvgIpc) is 3.14. The number of aliphatic hydroxyl groups is 1. The fraction of sp³-hybridized carbons (Fsp3) is 0.412. The Labute approximate surface area is 139 Å². The van der Waals surface area contributed by atoms with Gasteiger partial charge < -0.3 is 9.84 Å². The Morgan fingerprint density at radius 1 is 1.48 bits per heavy atom. The van der Waals surface area contributed by atoms with E-state index in [0.717, 1.165) is 15.4 Å². The second-order valence-electron chi connectivity index (χ2n) is 5.80. The number of thiazole rings is 1. The molecule has 1 aromatic carbocycles. The second kappa shape index (κ2) is 6.78. The number of benzene rings is 1. The first-order chi connectivity index (χ1) is 11.1. The van der Waals surface area contributed by atoms with E-state index in [2.05, 4.69) is 24.0 Å². The highest BCUT2D eigenvalue weighted by Gasteiger charge is 2.36. The Hall–Kier alpha value is -1.76. The smallest absolute Gasteiger partial charge is 0.323 e. The summed E-state index contributed by atoms with van der Waals surface area (Å²) < 4.78 is 4.84. The Balaban J connectivity index is 1.76. The summed E-state index contributed by atoms with van der Waals surface area (Å²) in [6.07, 6.45) is 1.80. The number of esters is 1. The molecule has 2 aromatic rings. The third kappa shape index (κ3) is 3.44. The van der Waals surface area contributed by atoms with Crippen LogP contribution in [0.3, 0.4) is 0 Å². The number of aryl methyl sites for hydroxylation is 1. The largest absolute Gasteiger partial charge is 0.468 e. The van der Waals surface area contributed by atoms with Crippen LogP contribution in [0.15, 0.2) is 30.5 Å². The molecule has 23 heavy (non-hydrogen) atoms. The zero-order valence-electron chi connectivity index (χ0n) is 13.2. The van der Waals surface area contributed by atoms with Crippen LogP contribution in [0.25, 0.3) is 10.6 Å². The number of aliphatic hydroxyl groups excluding tert-OH is 1. The van der Waals surface area contributed by atoms with Crippen molar-refractivity contribution < 1.29 is 14.6 Å². The van der Waals surface area contributed by atoms with Crippen molar-refractivity contribution in [1.29, 1.82) is 0 Å². The molecule has 1 saturated heterocycles. The van der Waals surface area contributed by atoms with Gasteiger partial charge in [-0.3, -0.25) is 9.69 Å². The molecule has 0 aliphatic carbocycles. The SMILES string of the molecule is COC(=O)[C@@H]1C[C@@H](O)CN1Cc1cnc(-c2ccccc2C)s1. The molecule has 1 aromatic heterocycles. The first-order valence-electron chi connectivity index (χ1n) is 7.59. The number of hydrogen-bond donors (Lipinski definition) is 1. The molecule has 6 heteroatoms.